The number of ether oxygens (including phenoxy) is 2. The van der Waals surface area contributed by atoms with Crippen LogP contribution in [0.4, 0.5) is 5.69 Å². The average Bonchev–Trinajstić information content (AvgIpc) is 2.66. The Morgan fingerprint density at radius 2 is 2.18 bits per heavy atom. The molecule has 3 rings (SSSR count). The van der Waals surface area contributed by atoms with E-state index in [1.807, 2.05) is 6.92 Å². The molecule has 1 atom stereocenters. The maximum absolute atomic E-state index is 12.4. The molecule has 0 saturated heterocycles. The molecule has 1 amide bonds. The van der Waals surface area contributed by atoms with Crippen LogP contribution < -0.4 is 20.5 Å². The quantitative estimate of drug-likeness (QED) is 0.747. The Bertz CT molecular complexity index is 1030. The summed E-state index contributed by atoms with van der Waals surface area (Å²) >= 11 is 6.16. The van der Waals surface area contributed by atoms with E-state index in [1.165, 1.54) is 7.11 Å². The number of amides is 1. The van der Waals surface area contributed by atoms with E-state index in [2.05, 4.69) is 16.4 Å². The van der Waals surface area contributed by atoms with Gasteiger partial charge in [-0.2, -0.15) is 5.26 Å². The molecule has 2 aromatic rings. The average molecular weight is 399 g/mol. The number of nitrogens with two attached hydrogens (primary N) is 1. The van der Waals surface area contributed by atoms with Crippen molar-refractivity contribution >= 4 is 23.2 Å². The normalized spacial score (nSPS) is 15.3. The number of carbonyl (C=O) groups is 1. The number of primary amides is 1. The number of carbonyl (C=O) groups excluding carboxylic acids is 1. The number of allylic oxidation sites excluding steroid dienone is 1. The molecule has 1 aliphatic heterocycles. The third-order valence-electron chi connectivity index (χ3n) is 4.52. The third kappa shape index (κ3) is 3.35. The predicted molar refractivity (Wildman–Crippen MR) is 105 cm³/mol. The number of anilines is 1. The van der Waals surface area contributed by atoms with Crippen molar-refractivity contribution in [1.29, 1.82) is 5.26 Å². The van der Waals surface area contributed by atoms with Gasteiger partial charge in [-0.25, -0.2) is 4.98 Å². The van der Waals surface area contributed by atoms with E-state index in [9.17, 15) is 10.1 Å². The molecule has 1 aromatic carbocycles. The molecular formula is C20H19ClN4O3. The van der Waals surface area contributed by atoms with Crippen LogP contribution in [0.3, 0.4) is 0 Å². The highest BCUT2D eigenvalue weighted by Gasteiger charge is 2.36. The Hall–Kier alpha value is -3.24. The van der Waals surface area contributed by atoms with Crippen molar-refractivity contribution in [1.82, 2.24) is 4.98 Å². The van der Waals surface area contributed by atoms with Crippen molar-refractivity contribution in [2.75, 3.05) is 19.0 Å². The number of benzene rings is 1. The topological polar surface area (TPSA) is 110 Å². The summed E-state index contributed by atoms with van der Waals surface area (Å²) in [6.07, 6.45) is 0. The summed E-state index contributed by atoms with van der Waals surface area (Å²) in [7, 11) is 1.51. The summed E-state index contributed by atoms with van der Waals surface area (Å²) in [5, 5.41) is 12.6. The van der Waals surface area contributed by atoms with Gasteiger partial charge in [-0.05, 0) is 32.0 Å². The third-order valence-corrected chi connectivity index (χ3v) is 4.71. The number of halogens is 1. The number of nitrogens with one attached hydrogen (secondary N) is 1. The summed E-state index contributed by atoms with van der Waals surface area (Å²) in [5.41, 5.74) is 9.10. The van der Waals surface area contributed by atoms with Crippen LogP contribution in [0.15, 0.2) is 35.5 Å². The zero-order valence-corrected chi connectivity index (χ0v) is 16.4. The molecular weight excluding hydrogens is 380 g/mol. The monoisotopic (exact) mass is 398 g/mol. The predicted octanol–water partition coefficient (Wildman–Crippen LogP) is 3.33. The van der Waals surface area contributed by atoms with Gasteiger partial charge in [0.15, 0.2) is 0 Å². The van der Waals surface area contributed by atoms with E-state index < -0.39 is 11.8 Å². The van der Waals surface area contributed by atoms with E-state index in [4.69, 9.17) is 26.8 Å². The number of nitrogens with zero attached hydrogens (tertiary/aromatic N) is 2. The lowest BCUT2D eigenvalue weighted by atomic mass is 9.80. The number of aromatic nitrogens is 1. The maximum atomic E-state index is 12.4. The van der Waals surface area contributed by atoms with Gasteiger partial charge < -0.3 is 20.5 Å². The first kappa shape index (κ1) is 19.5. The van der Waals surface area contributed by atoms with Gasteiger partial charge in [-0.15, -0.1) is 0 Å². The molecule has 0 bridgehead atoms. The molecule has 0 radical (unpaired) electrons. The van der Waals surface area contributed by atoms with Crippen LogP contribution in [0.2, 0.25) is 5.15 Å². The Morgan fingerprint density at radius 3 is 2.79 bits per heavy atom. The van der Waals surface area contributed by atoms with Crippen molar-refractivity contribution in [3.8, 4) is 17.7 Å². The first-order chi connectivity index (χ1) is 13.4. The fourth-order valence-electron chi connectivity index (χ4n) is 3.42. The van der Waals surface area contributed by atoms with Gasteiger partial charge in [0.25, 0.3) is 0 Å². The van der Waals surface area contributed by atoms with E-state index in [1.54, 1.807) is 31.2 Å². The Balaban J connectivity index is 2.35. The summed E-state index contributed by atoms with van der Waals surface area (Å²) in [6, 6.07) is 8.78. The fourth-order valence-corrected chi connectivity index (χ4v) is 3.60. The molecule has 0 spiro atoms. The molecule has 1 aliphatic rings. The van der Waals surface area contributed by atoms with Crippen LogP contribution in [0.25, 0.3) is 0 Å². The van der Waals surface area contributed by atoms with E-state index in [-0.39, 0.29) is 5.15 Å². The van der Waals surface area contributed by atoms with E-state index in [0.717, 1.165) is 0 Å². The van der Waals surface area contributed by atoms with E-state index in [0.29, 0.717) is 51.9 Å². The minimum atomic E-state index is -0.595. The molecule has 3 N–H and O–H groups in total. The van der Waals surface area contributed by atoms with Gasteiger partial charge in [0.1, 0.15) is 10.9 Å². The van der Waals surface area contributed by atoms with Crippen LogP contribution in [-0.2, 0) is 4.79 Å². The number of hydrogen-bond acceptors (Lipinski definition) is 6. The van der Waals surface area contributed by atoms with Crippen molar-refractivity contribution in [3.05, 3.63) is 57.4 Å². The zero-order chi connectivity index (χ0) is 20.4. The van der Waals surface area contributed by atoms with Gasteiger partial charge in [0.2, 0.25) is 11.8 Å². The van der Waals surface area contributed by atoms with Crippen LogP contribution in [0.1, 0.15) is 36.5 Å². The van der Waals surface area contributed by atoms with Crippen molar-refractivity contribution < 1.29 is 14.3 Å². The lowest BCUT2D eigenvalue weighted by Gasteiger charge is -2.31. The second kappa shape index (κ2) is 7.79. The van der Waals surface area contributed by atoms with Crippen molar-refractivity contribution in [2.45, 2.75) is 19.8 Å². The highest BCUT2D eigenvalue weighted by Crippen LogP contribution is 2.48. The van der Waals surface area contributed by atoms with Crippen molar-refractivity contribution in [3.63, 3.8) is 0 Å². The molecule has 0 saturated carbocycles. The van der Waals surface area contributed by atoms with Crippen LogP contribution in [-0.4, -0.2) is 24.6 Å². The van der Waals surface area contributed by atoms with Crippen LogP contribution in [0.5, 0.6) is 11.6 Å². The number of methoxy groups -OCH3 is 1. The van der Waals surface area contributed by atoms with Gasteiger partial charge in [0, 0.05) is 16.8 Å². The Morgan fingerprint density at radius 1 is 1.43 bits per heavy atom. The first-order valence-corrected chi connectivity index (χ1v) is 8.97. The Labute approximate surface area is 167 Å². The molecule has 7 nitrogen and oxygen atoms in total. The highest BCUT2D eigenvalue weighted by molar-refractivity contribution is 6.29. The molecule has 8 heteroatoms. The largest absolute Gasteiger partial charge is 0.496 e. The lowest BCUT2D eigenvalue weighted by Crippen LogP contribution is -2.28. The fraction of sp³-hybridized carbons (Fsp3) is 0.250. The summed E-state index contributed by atoms with van der Waals surface area (Å²) in [5.74, 6) is -0.409. The van der Waals surface area contributed by atoms with Crippen LogP contribution in [0, 0.1) is 11.3 Å². The van der Waals surface area contributed by atoms with Gasteiger partial charge in [-0.3, -0.25) is 4.79 Å². The second-order valence-corrected chi connectivity index (χ2v) is 6.56. The van der Waals surface area contributed by atoms with Gasteiger partial charge in [-0.1, -0.05) is 17.7 Å². The Kier molecular flexibility index (Phi) is 5.43. The number of fused-ring (bicyclic) bond motifs is 1. The molecule has 2 heterocycles. The van der Waals surface area contributed by atoms with Crippen LogP contribution >= 0.6 is 11.6 Å². The molecule has 144 valence electrons. The number of rotatable bonds is 5. The smallest absolute Gasteiger partial charge is 0.247 e. The number of hydrogen-bond donors (Lipinski definition) is 2. The summed E-state index contributed by atoms with van der Waals surface area (Å²) in [4.78, 5) is 16.7. The SMILES string of the molecule is CCOc1nc(Cl)cc2c1C(c1ccc(C#N)cc1OC)C(C(N)=O)=C(C)N2. The molecule has 0 fully saturated rings. The molecule has 28 heavy (non-hydrogen) atoms. The highest BCUT2D eigenvalue weighted by atomic mass is 35.5. The van der Waals surface area contributed by atoms with E-state index >= 15 is 0 Å². The summed E-state index contributed by atoms with van der Waals surface area (Å²) in [6.45, 7) is 3.96. The zero-order valence-electron chi connectivity index (χ0n) is 15.7. The minimum Gasteiger partial charge on any atom is -0.496 e. The summed E-state index contributed by atoms with van der Waals surface area (Å²) < 4.78 is 11.2. The minimum absolute atomic E-state index is 0.260. The number of nitriles is 1. The standard InChI is InChI=1S/C20H19ClN4O3/c1-4-28-20-18-13(8-15(21)25-20)24-10(2)16(19(23)26)17(18)12-6-5-11(9-22)7-14(12)27-3/h5-8,17,24H,4H2,1-3H3,(H2,23,26). The lowest BCUT2D eigenvalue weighted by molar-refractivity contribution is -0.114. The van der Waals surface area contributed by atoms with Gasteiger partial charge in [0.05, 0.1) is 42.5 Å². The molecule has 1 aromatic heterocycles. The van der Waals surface area contributed by atoms with Crippen molar-refractivity contribution in [2.24, 2.45) is 5.73 Å². The number of pyridine rings is 1. The molecule has 1 unspecified atom stereocenters. The second-order valence-electron chi connectivity index (χ2n) is 6.17. The van der Waals surface area contributed by atoms with Gasteiger partial charge >= 0.3 is 0 Å². The maximum Gasteiger partial charge on any atom is 0.247 e. The first-order valence-electron chi connectivity index (χ1n) is 8.60. The molecule has 0 aliphatic carbocycles.